The van der Waals surface area contributed by atoms with Crippen LogP contribution in [0.1, 0.15) is 0 Å². The molecule has 2 aromatic carbocycles. The van der Waals surface area contributed by atoms with Crippen LogP contribution in [0.4, 0.5) is 5.69 Å². The van der Waals surface area contributed by atoms with Gasteiger partial charge < -0.3 is 14.6 Å². The molecule has 0 saturated carbocycles. The predicted octanol–water partition coefficient (Wildman–Crippen LogP) is 3.34. The molecule has 0 aliphatic rings. The number of aromatic nitrogens is 2. The fraction of sp³-hybridized carbons (Fsp3) is 0.125. The van der Waals surface area contributed by atoms with Crippen molar-refractivity contribution in [2.75, 3.05) is 12.4 Å². The van der Waals surface area contributed by atoms with Crippen molar-refractivity contribution in [3.8, 4) is 5.75 Å². The molecule has 6 heteroatoms. The van der Waals surface area contributed by atoms with Crippen LogP contribution in [0.25, 0.3) is 11.0 Å². The molecule has 0 saturated heterocycles. The minimum Gasteiger partial charge on any atom is -0.497 e. The largest absolute Gasteiger partial charge is 0.497 e. The molecule has 0 fully saturated rings. The van der Waals surface area contributed by atoms with Gasteiger partial charge in [0.2, 0.25) is 11.2 Å². The first-order valence-corrected chi connectivity index (χ1v) is 7.10. The van der Waals surface area contributed by atoms with Crippen LogP contribution >= 0.6 is 11.6 Å². The second kappa shape index (κ2) is 6.07. The Labute approximate surface area is 132 Å². The Hall–Kier alpha value is -2.53. The number of imidazole rings is 1. The Kier molecular flexibility index (Phi) is 3.98. The lowest BCUT2D eigenvalue weighted by molar-refractivity contribution is -0.116. The van der Waals surface area contributed by atoms with E-state index in [9.17, 15) is 4.79 Å². The molecule has 1 aromatic heterocycles. The van der Waals surface area contributed by atoms with E-state index in [4.69, 9.17) is 16.3 Å². The van der Waals surface area contributed by atoms with Gasteiger partial charge in [0, 0.05) is 5.69 Å². The van der Waals surface area contributed by atoms with E-state index in [1.165, 1.54) is 0 Å². The third-order valence-electron chi connectivity index (χ3n) is 3.28. The number of methoxy groups -OCH3 is 1. The number of fused-ring (bicyclic) bond motifs is 1. The van der Waals surface area contributed by atoms with Crippen molar-refractivity contribution in [3.63, 3.8) is 0 Å². The van der Waals surface area contributed by atoms with Gasteiger partial charge in [0.1, 0.15) is 12.3 Å². The Morgan fingerprint density at radius 2 is 1.95 bits per heavy atom. The maximum absolute atomic E-state index is 12.2. The Morgan fingerprint density at radius 3 is 2.68 bits per heavy atom. The molecule has 0 bridgehead atoms. The molecule has 112 valence electrons. The molecule has 3 rings (SSSR count). The Morgan fingerprint density at radius 1 is 1.23 bits per heavy atom. The Bertz CT molecular complexity index is 812. The molecular weight excluding hydrogens is 302 g/mol. The summed E-state index contributed by atoms with van der Waals surface area (Å²) in [5.74, 6) is 0.567. The average molecular weight is 316 g/mol. The molecule has 1 N–H and O–H groups in total. The van der Waals surface area contributed by atoms with Gasteiger partial charge in [-0.2, -0.15) is 0 Å². The van der Waals surface area contributed by atoms with Gasteiger partial charge in [-0.3, -0.25) is 4.79 Å². The van der Waals surface area contributed by atoms with Crippen molar-refractivity contribution in [3.05, 3.63) is 53.8 Å². The van der Waals surface area contributed by atoms with Crippen LogP contribution < -0.4 is 10.1 Å². The molecule has 5 nitrogen and oxygen atoms in total. The number of halogens is 1. The van der Waals surface area contributed by atoms with Crippen molar-refractivity contribution in [1.82, 2.24) is 9.55 Å². The lowest BCUT2D eigenvalue weighted by Crippen LogP contribution is -2.18. The summed E-state index contributed by atoms with van der Waals surface area (Å²) >= 11 is 6.11. The summed E-state index contributed by atoms with van der Waals surface area (Å²) in [5.41, 5.74) is 2.30. The van der Waals surface area contributed by atoms with E-state index in [1.54, 1.807) is 35.9 Å². The topological polar surface area (TPSA) is 56.1 Å². The van der Waals surface area contributed by atoms with Gasteiger partial charge in [-0.15, -0.1) is 0 Å². The Balaban J connectivity index is 1.76. The van der Waals surface area contributed by atoms with Crippen molar-refractivity contribution in [2.24, 2.45) is 0 Å². The minimum atomic E-state index is -0.171. The van der Waals surface area contributed by atoms with Crippen molar-refractivity contribution < 1.29 is 9.53 Å². The van der Waals surface area contributed by atoms with E-state index in [0.29, 0.717) is 11.0 Å². The van der Waals surface area contributed by atoms with Crippen LogP contribution in [-0.4, -0.2) is 22.6 Å². The van der Waals surface area contributed by atoms with Gasteiger partial charge in [0.05, 0.1) is 18.1 Å². The van der Waals surface area contributed by atoms with Crippen LogP contribution in [-0.2, 0) is 11.3 Å². The molecule has 22 heavy (non-hydrogen) atoms. The molecule has 0 unspecified atom stereocenters. The fourth-order valence-electron chi connectivity index (χ4n) is 2.21. The summed E-state index contributed by atoms with van der Waals surface area (Å²) in [6.45, 7) is 0.103. The summed E-state index contributed by atoms with van der Waals surface area (Å²) in [6.07, 6.45) is 0. The zero-order chi connectivity index (χ0) is 15.5. The van der Waals surface area contributed by atoms with E-state index in [-0.39, 0.29) is 12.5 Å². The highest BCUT2D eigenvalue weighted by atomic mass is 35.5. The fourth-order valence-corrected chi connectivity index (χ4v) is 2.46. The highest BCUT2D eigenvalue weighted by molar-refractivity contribution is 6.29. The highest BCUT2D eigenvalue weighted by Crippen LogP contribution is 2.20. The lowest BCUT2D eigenvalue weighted by atomic mass is 10.3. The van der Waals surface area contributed by atoms with Gasteiger partial charge in [-0.05, 0) is 48.0 Å². The summed E-state index contributed by atoms with van der Waals surface area (Å²) in [6, 6.07) is 14.7. The monoisotopic (exact) mass is 315 g/mol. The molecule has 0 atom stereocenters. The standard InChI is InChI=1S/C16H14ClN3O2/c1-22-12-8-6-11(7-9-12)18-15(21)10-20-14-5-3-2-4-13(14)19-16(20)17/h2-9H,10H2,1H3,(H,18,21). The number of rotatable bonds is 4. The zero-order valence-electron chi connectivity index (χ0n) is 11.9. The van der Waals surface area contributed by atoms with Crippen LogP contribution in [0, 0.1) is 0 Å². The second-order valence-corrected chi connectivity index (χ2v) is 5.07. The third kappa shape index (κ3) is 2.89. The highest BCUT2D eigenvalue weighted by Gasteiger charge is 2.12. The summed E-state index contributed by atoms with van der Waals surface area (Å²) in [5, 5.41) is 3.12. The molecule has 1 heterocycles. The number of benzene rings is 2. The number of hydrogen-bond acceptors (Lipinski definition) is 3. The van der Waals surface area contributed by atoms with Gasteiger partial charge in [-0.1, -0.05) is 12.1 Å². The third-order valence-corrected chi connectivity index (χ3v) is 3.57. The quantitative estimate of drug-likeness (QED) is 0.803. The van der Waals surface area contributed by atoms with Crippen LogP contribution in [0.5, 0.6) is 5.75 Å². The first-order valence-electron chi connectivity index (χ1n) is 6.72. The molecule has 0 radical (unpaired) electrons. The number of para-hydroxylation sites is 2. The van der Waals surface area contributed by atoms with E-state index in [2.05, 4.69) is 10.3 Å². The van der Waals surface area contributed by atoms with Crippen molar-refractivity contribution >= 4 is 34.2 Å². The second-order valence-electron chi connectivity index (χ2n) is 4.73. The number of hydrogen-bond donors (Lipinski definition) is 1. The van der Waals surface area contributed by atoms with Gasteiger partial charge >= 0.3 is 0 Å². The summed E-state index contributed by atoms with van der Waals surface area (Å²) < 4.78 is 6.76. The van der Waals surface area contributed by atoms with Crippen LogP contribution in [0.2, 0.25) is 5.28 Å². The molecule has 0 spiro atoms. The number of carbonyl (C=O) groups is 1. The maximum Gasteiger partial charge on any atom is 0.244 e. The first kappa shape index (κ1) is 14.4. The van der Waals surface area contributed by atoms with Crippen LogP contribution in [0.15, 0.2) is 48.5 Å². The number of carbonyl (C=O) groups excluding carboxylic acids is 1. The van der Waals surface area contributed by atoms with Crippen molar-refractivity contribution in [2.45, 2.75) is 6.54 Å². The van der Waals surface area contributed by atoms with Gasteiger partial charge in [-0.25, -0.2) is 4.98 Å². The minimum absolute atomic E-state index is 0.103. The number of nitrogens with zero attached hydrogens (tertiary/aromatic N) is 2. The van der Waals surface area contributed by atoms with Gasteiger partial charge in [0.15, 0.2) is 0 Å². The van der Waals surface area contributed by atoms with E-state index in [0.717, 1.165) is 16.8 Å². The maximum atomic E-state index is 12.2. The number of nitrogens with one attached hydrogen (secondary N) is 1. The number of ether oxygens (including phenoxy) is 1. The normalized spacial score (nSPS) is 10.6. The SMILES string of the molecule is COc1ccc(NC(=O)Cn2c(Cl)nc3ccccc32)cc1. The summed E-state index contributed by atoms with van der Waals surface area (Å²) in [4.78, 5) is 16.4. The van der Waals surface area contributed by atoms with E-state index in [1.807, 2.05) is 24.3 Å². The molecule has 0 aliphatic carbocycles. The first-order chi connectivity index (χ1) is 10.7. The predicted molar refractivity (Wildman–Crippen MR) is 86.4 cm³/mol. The molecule has 1 amide bonds. The summed E-state index contributed by atoms with van der Waals surface area (Å²) in [7, 11) is 1.60. The average Bonchev–Trinajstić information content (AvgIpc) is 2.84. The van der Waals surface area contributed by atoms with E-state index >= 15 is 0 Å². The smallest absolute Gasteiger partial charge is 0.244 e. The molecule has 0 aliphatic heterocycles. The van der Waals surface area contributed by atoms with E-state index < -0.39 is 0 Å². The molecule has 3 aromatic rings. The van der Waals surface area contributed by atoms with Crippen molar-refractivity contribution in [1.29, 1.82) is 0 Å². The number of anilines is 1. The molecular formula is C16H14ClN3O2. The lowest BCUT2D eigenvalue weighted by Gasteiger charge is -2.08. The number of amides is 1. The zero-order valence-corrected chi connectivity index (χ0v) is 12.7. The van der Waals surface area contributed by atoms with Gasteiger partial charge in [0.25, 0.3) is 0 Å². The van der Waals surface area contributed by atoms with Crippen LogP contribution in [0.3, 0.4) is 0 Å².